The highest BCUT2D eigenvalue weighted by Crippen LogP contribution is 2.17. The number of likely N-dealkylation sites (tertiary alicyclic amines) is 1. The Balaban J connectivity index is 0.00000320. The summed E-state index contributed by atoms with van der Waals surface area (Å²) >= 11 is 0. The molecule has 1 unspecified atom stereocenters. The molecule has 1 aromatic rings. The summed E-state index contributed by atoms with van der Waals surface area (Å²) in [6.07, 6.45) is 4.53. The average Bonchev–Trinajstić information content (AvgIpc) is 3.23. The fraction of sp³-hybridized carbons (Fsp3) is 0.696. The lowest BCUT2D eigenvalue weighted by atomic mass is 10.1. The largest absolute Gasteiger partial charge is 0.381 e. The van der Waals surface area contributed by atoms with Crippen molar-refractivity contribution in [3.63, 3.8) is 0 Å². The highest BCUT2D eigenvalue weighted by molar-refractivity contribution is 14.0. The lowest BCUT2D eigenvalue weighted by Crippen LogP contribution is -2.40. The van der Waals surface area contributed by atoms with Crippen molar-refractivity contribution in [2.75, 3.05) is 52.6 Å². The van der Waals surface area contributed by atoms with Crippen molar-refractivity contribution < 1.29 is 14.2 Å². The molecule has 1 N–H and O–H groups in total. The van der Waals surface area contributed by atoms with Crippen molar-refractivity contribution in [1.29, 1.82) is 0 Å². The highest BCUT2D eigenvalue weighted by Gasteiger charge is 2.25. The van der Waals surface area contributed by atoms with E-state index in [1.165, 1.54) is 5.56 Å². The molecular weight excluding hydrogens is 493 g/mol. The Morgan fingerprint density at radius 3 is 2.77 bits per heavy atom. The minimum atomic E-state index is 0. The van der Waals surface area contributed by atoms with Gasteiger partial charge in [0.1, 0.15) is 0 Å². The highest BCUT2D eigenvalue weighted by atomic mass is 127. The molecule has 170 valence electrons. The van der Waals surface area contributed by atoms with Crippen molar-refractivity contribution in [2.45, 2.75) is 45.3 Å². The lowest BCUT2D eigenvalue weighted by molar-refractivity contribution is -0.0318. The third-order valence-electron chi connectivity index (χ3n) is 5.47. The zero-order chi connectivity index (χ0) is 20.2. The summed E-state index contributed by atoms with van der Waals surface area (Å²) in [5, 5.41) is 3.45. The molecule has 30 heavy (non-hydrogen) atoms. The Labute approximate surface area is 198 Å². The molecule has 2 saturated heterocycles. The average molecular weight is 531 g/mol. The van der Waals surface area contributed by atoms with Crippen LogP contribution in [0.5, 0.6) is 0 Å². The van der Waals surface area contributed by atoms with Crippen molar-refractivity contribution in [3.8, 4) is 0 Å². The van der Waals surface area contributed by atoms with E-state index in [-0.39, 0.29) is 24.0 Å². The normalized spacial score (nSPS) is 20.2. The number of nitrogens with one attached hydrogen (secondary N) is 1. The topological polar surface area (TPSA) is 55.3 Å². The smallest absolute Gasteiger partial charge is 0.193 e. The van der Waals surface area contributed by atoms with Crippen LogP contribution in [-0.4, -0.2) is 69.6 Å². The van der Waals surface area contributed by atoms with Crippen molar-refractivity contribution >= 4 is 29.9 Å². The van der Waals surface area contributed by atoms with E-state index < -0.39 is 0 Å². The van der Waals surface area contributed by atoms with Crippen molar-refractivity contribution in [2.24, 2.45) is 10.9 Å². The van der Waals surface area contributed by atoms with Gasteiger partial charge in [-0.2, -0.15) is 0 Å². The lowest BCUT2D eigenvalue weighted by Gasteiger charge is -2.23. The summed E-state index contributed by atoms with van der Waals surface area (Å²) < 4.78 is 17.3. The molecule has 0 aromatic heterocycles. The van der Waals surface area contributed by atoms with E-state index in [4.69, 9.17) is 19.2 Å². The van der Waals surface area contributed by atoms with E-state index in [9.17, 15) is 0 Å². The van der Waals surface area contributed by atoms with Gasteiger partial charge in [-0.15, -0.1) is 24.0 Å². The predicted octanol–water partition coefficient (Wildman–Crippen LogP) is 3.69. The zero-order valence-electron chi connectivity index (χ0n) is 18.3. The van der Waals surface area contributed by atoms with Crippen LogP contribution in [0, 0.1) is 5.92 Å². The molecule has 2 aliphatic heterocycles. The van der Waals surface area contributed by atoms with E-state index in [1.807, 2.05) is 6.07 Å². The van der Waals surface area contributed by atoms with Crippen LogP contribution in [0.15, 0.2) is 35.3 Å². The molecule has 7 heteroatoms. The van der Waals surface area contributed by atoms with Gasteiger partial charge < -0.3 is 24.4 Å². The Morgan fingerprint density at radius 1 is 1.20 bits per heavy atom. The second-order valence-corrected chi connectivity index (χ2v) is 7.87. The Kier molecular flexibility index (Phi) is 12.7. The van der Waals surface area contributed by atoms with E-state index in [1.54, 1.807) is 0 Å². The van der Waals surface area contributed by atoms with Crippen molar-refractivity contribution in [1.82, 2.24) is 10.2 Å². The first-order valence-electron chi connectivity index (χ1n) is 11.2. The van der Waals surface area contributed by atoms with Crippen LogP contribution >= 0.6 is 24.0 Å². The molecule has 0 radical (unpaired) electrons. The standard InChI is InChI=1S/C23H37N3O3.HI/c1-2-24-23(25-12-6-14-29-22-10-15-27-16-11-22)26-13-9-21(17-26)19-28-18-20-7-4-3-5-8-20;/h3-5,7-8,21-22H,2,6,9-19H2,1H3,(H,24,25);1H. The minimum absolute atomic E-state index is 0. The van der Waals surface area contributed by atoms with Gasteiger partial charge in [-0.3, -0.25) is 4.99 Å². The predicted molar refractivity (Wildman–Crippen MR) is 132 cm³/mol. The molecule has 1 aromatic carbocycles. The van der Waals surface area contributed by atoms with E-state index >= 15 is 0 Å². The van der Waals surface area contributed by atoms with Gasteiger partial charge in [-0.25, -0.2) is 0 Å². The van der Waals surface area contributed by atoms with Crippen molar-refractivity contribution in [3.05, 3.63) is 35.9 Å². The first-order chi connectivity index (χ1) is 14.3. The SMILES string of the molecule is CCNC(=NCCCOC1CCOCC1)N1CCC(COCc2ccccc2)C1.I. The number of rotatable bonds is 10. The van der Waals surface area contributed by atoms with Gasteiger partial charge in [0.05, 0.1) is 19.3 Å². The Hall–Kier alpha value is -0.900. The van der Waals surface area contributed by atoms with Gasteiger partial charge in [0.15, 0.2) is 5.96 Å². The molecule has 2 heterocycles. The first kappa shape index (κ1) is 25.4. The number of nitrogens with zero attached hydrogens (tertiary/aromatic N) is 2. The van der Waals surface area contributed by atoms with E-state index in [2.05, 4.69) is 41.4 Å². The van der Waals surface area contributed by atoms with Gasteiger partial charge in [0, 0.05) is 51.9 Å². The summed E-state index contributed by atoms with van der Waals surface area (Å²) in [5.74, 6) is 1.60. The molecule has 3 rings (SSSR count). The van der Waals surface area contributed by atoms with Gasteiger partial charge >= 0.3 is 0 Å². The summed E-state index contributed by atoms with van der Waals surface area (Å²) in [6, 6.07) is 10.4. The summed E-state index contributed by atoms with van der Waals surface area (Å²) in [7, 11) is 0. The van der Waals surface area contributed by atoms with Crippen LogP contribution in [0.2, 0.25) is 0 Å². The molecule has 6 nitrogen and oxygen atoms in total. The molecule has 0 spiro atoms. The minimum Gasteiger partial charge on any atom is -0.381 e. The van der Waals surface area contributed by atoms with Gasteiger partial charge in [0.2, 0.25) is 0 Å². The first-order valence-corrected chi connectivity index (χ1v) is 11.2. The third-order valence-corrected chi connectivity index (χ3v) is 5.47. The van der Waals surface area contributed by atoms with Crippen LogP contribution in [0.25, 0.3) is 0 Å². The molecule has 1 atom stereocenters. The number of ether oxygens (including phenoxy) is 3. The maximum Gasteiger partial charge on any atom is 0.193 e. The summed E-state index contributed by atoms with van der Waals surface area (Å²) in [4.78, 5) is 7.20. The number of benzene rings is 1. The molecule has 2 fully saturated rings. The van der Waals surface area contributed by atoms with Crippen LogP contribution < -0.4 is 5.32 Å². The zero-order valence-corrected chi connectivity index (χ0v) is 20.6. The van der Waals surface area contributed by atoms with Crippen LogP contribution in [-0.2, 0) is 20.8 Å². The monoisotopic (exact) mass is 531 g/mol. The van der Waals surface area contributed by atoms with Gasteiger partial charge in [-0.05, 0) is 38.2 Å². The third kappa shape index (κ3) is 9.08. The number of halogens is 1. The maximum atomic E-state index is 5.95. The quantitative estimate of drug-likeness (QED) is 0.216. The molecule has 0 aliphatic carbocycles. The Morgan fingerprint density at radius 2 is 2.00 bits per heavy atom. The van der Waals surface area contributed by atoms with Gasteiger partial charge in [-0.1, -0.05) is 30.3 Å². The molecule has 0 amide bonds. The molecule has 2 aliphatic rings. The second kappa shape index (κ2) is 15.0. The summed E-state index contributed by atoms with van der Waals surface area (Å²) in [6.45, 7) is 9.83. The van der Waals surface area contributed by atoms with Crippen LogP contribution in [0.4, 0.5) is 0 Å². The number of hydrogen-bond acceptors (Lipinski definition) is 4. The Bertz CT molecular complexity index is 597. The molecule has 0 bridgehead atoms. The molecular formula is C23H38IN3O3. The number of hydrogen-bond donors (Lipinski definition) is 1. The fourth-order valence-corrected chi connectivity index (χ4v) is 3.85. The molecule has 0 saturated carbocycles. The fourth-order valence-electron chi connectivity index (χ4n) is 3.85. The number of guanidine groups is 1. The van der Waals surface area contributed by atoms with Crippen LogP contribution in [0.1, 0.15) is 38.2 Å². The van der Waals surface area contributed by atoms with E-state index in [0.29, 0.717) is 18.6 Å². The van der Waals surface area contributed by atoms with Gasteiger partial charge in [0.25, 0.3) is 0 Å². The maximum absolute atomic E-state index is 5.95. The second-order valence-electron chi connectivity index (χ2n) is 7.87. The van der Waals surface area contributed by atoms with E-state index in [0.717, 1.165) is 84.2 Å². The summed E-state index contributed by atoms with van der Waals surface area (Å²) in [5.41, 5.74) is 1.24. The van der Waals surface area contributed by atoms with Crippen LogP contribution in [0.3, 0.4) is 0 Å². The number of aliphatic imine (C=N–C) groups is 1.